The molecular weight excluding hydrogens is 828 g/mol. The molecular formula is C44H25N4O3Pt-3. The fourth-order valence-electron chi connectivity index (χ4n) is 7.31. The van der Waals surface area contributed by atoms with Crippen molar-refractivity contribution in [2.45, 2.75) is 0 Å². The minimum absolute atomic E-state index is 0. The van der Waals surface area contributed by atoms with Gasteiger partial charge in [0.15, 0.2) is 0 Å². The van der Waals surface area contributed by atoms with Crippen LogP contribution in [0.25, 0.3) is 71.5 Å². The van der Waals surface area contributed by atoms with Crippen LogP contribution >= 0.6 is 0 Å². The summed E-state index contributed by atoms with van der Waals surface area (Å²) in [4.78, 5) is 8.79. The third-order valence-corrected chi connectivity index (χ3v) is 9.58. The number of benzene rings is 6. The molecule has 0 bridgehead atoms. The van der Waals surface area contributed by atoms with Crippen LogP contribution in [0.15, 0.2) is 155 Å². The minimum atomic E-state index is 0. The summed E-state index contributed by atoms with van der Waals surface area (Å²) < 4.78 is 21.8. The van der Waals surface area contributed by atoms with Gasteiger partial charge in [0.1, 0.15) is 22.6 Å². The number of furan rings is 2. The molecule has 0 saturated carbocycles. The van der Waals surface area contributed by atoms with Crippen molar-refractivity contribution in [2.75, 3.05) is 9.80 Å². The van der Waals surface area contributed by atoms with Gasteiger partial charge in [-0.15, -0.1) is 42.0 Å². The Morgan fingerprint density at radius 2 is 1.37 bits per heavy atom. The number of hydrogen-bond acceptors (Lipinski definition) is 6. The van der Waals surface area contributed by atoms with Crippen LogP contribution in [0.5, 0.6) is 11.5 Å². The Morgan fingerprint density at radius 1 is 0.615 bits per heavy atom. The average Bonchev–Trinajstić information content (AvgIpc) is 3.97. The van der Waals surface area contributed by atoms with Crippen molar-refractivity contribution in [3.05, 3.63) is 165 Å². The Bertz CT molecular complexity index is 3000. The quantitative estimate of drug-likeness (QED) is 0.161. The number of aromatic nitrogens is 2. The molecule has 0 N–H and O–H groups in total. The second-order valence-corrected chi connectivity index (χ2v) is 12.5. The molecule has 0 radical (unpaired) electrons. The van der Waals surface area contributed by atoms with E-state index in [0.717, 1.165) is 77.3 Å². The largest absolute Gasteiger partial charge is 0.512 e. The van der Waals surface area contributed by atoms with Crippen molar-refractivity contribution in [2.24, 2.45) is 0 Å². The third-order valence-electron chi connectivity index (χ3n) is 9.58. The Morgan fingerprint density at radius 3 is 2.23 bits per heavy atom. The van der Waals surface area contributed by atoms with Gasteiger partial charge in [-0.2, -0.15) is 6.07 Å². The topological polar surface area (TPSA) is 59.8 Å². The van der Waals surface area contributed by atoms with E-state index in [1.807, 2.05) is 103 Å². The molecule has 252 valence electrons. The van der Waals surface area contributed by atoms with Gasteiger partial charge in [0.25, 0.3) is 0 Å². The molecule has 0 amide bonds. The Balaban J connectivity index is 0.00000338. The van der Waals surface area contributed by atoms with E-state index < -0.39 is 0 Å². The van der Waals surface area contributed by atoms with Crippen LogP contribution in [-0.4, -0.2) is 9.55 Å². The van der Waals surface area contributed by atoms with E-state index in [2.05, 4.69) is 75.1 Å². The van der Waals surface area contributed by atoms with Gasteiger partial charge >= 0.3 is 0 Å². The molecule has 4 aromatic heterocycles. The first-order valence-electron chi connectivity index (χ1n) is 16.7. The van der Waals surface area contributed by atoms with E-state index in [1.54, 1.807) is 6.20 Å². The van der Waals surface area contributed by atoms with E-state index in [0.29, 0.717) is 17.1 Å². The van der Waals surface area contributed by atoms with Gasteiger partial charge in [0, 0.05) is 60.4 Å². The predicted octanol–water partition coefficient (Wildman–Crippen LogP) is 11.3. The average molecular weight is 853 g/mol. The van der Waals surface area contributed by atoms with Crippen molar-refractivity contribution < 1.29 is 34.6 Å². The van der Waals surface area contributed by atoms with Crippen LogP contribution in [0, 0.1) is 18.8 Å². The number of fused-ring (bicyclic) bond motifs is 10. The molecule has 1 aliphatic rings. The molecule has 6 aromatic carbocycles. The fourth-order valence-corrected chi connectivity index (χ4v) is 7.31. The zero-order chi connectivity index (χ0) is 33.5. The number of anilines is 2. The van der Waals surface area contributed by atoms with E-state index in [1.165, 1.54) is 0 Å². The van der Waals surface area contributed by atoms with Gasteiger partial charge in [-0.3, -0.25) is 0 Å². The maximum atomic E-state index is 6.77. The molecule has 0 aliphatic carbocycles. The zero-order valence-corrected chi connectivity index (χ0v) is 29.5. The number of pyridine rings is 1. The second kappa shape index (κ2) is 11.9. The molecule has 0 atom stereocenters. The number of hydrogen-bond donors (Lipinski definition) is 0. The molecule has 5 heterocycles. The maximum absolute atomic E-state index is 6.77. The Hall–Kier alpha value is -6.30. The second-order valence-electron chi connectivity index (χ2n) is 12.5. The molecule has 0 fully saturated rings. The summed E-state index contributed by atoms with van der Waals surface area (Å²) in [6.45, 7) is 2.03. The summed E-state index contributed by atoms with van der Waals surface area (Å²) in [5.74, 6) is 1.79. The first kappa shape index (κ1) is 30.5. The summed E-state index contributed by atoms with van der Waals surface area (Å²) in [6.07, 6.45) is 5.85. The van der Waals surface area contributed by atoms with Gasteiger partial charge < -0.3 is 27.9 Å². The summed E-state index contributed by atoms with van der Waals surface area (Å²) in [7, 11) is 0. The van der Waals surface area contributed by atoms with Crippen molar-refractivity contribution in [1.29, 1.82) is 0 Å². The van der Waals surface area contributed by atoms with Crippen molar-refractivity contribution in [3.63, 3.8) is 0 Å². The van der Waals surface area contributed by atoms with E-state index in [9.17, 15) is 0 Å². The standard InChI is InChI=1S/C44H25N4O3.Pt/c1-2-10-28(11-3-1)46-22-23-47(27-46)29-24-34-43-39(20-19-38-42(43)33-13-5-7-15-37(33)50-38)51-44(34)40(25-29)49-30-17-18-32-31-12-4-6-14-35(31)48(36(32)26-30)41-16-8-9-21-45-41;/h1-24,27H;/q-3;. The van der Waals surface area contributed by atoms with Crippen LogP contribution in [0.3, 0.4) is 0 Å². The first-order chi connectivity index (χ1) is 25.3. The Kier molecular flexibility index (Phi) is 6.98. The van der Waals surface area contributed by atoms with Crippen molar-refractivity contribution in [1.82, 2.24) is 9.55 Å². The summed E-state index contributed by atoms with van der Waals surface area (Å²) >= 11 is 0. The normalized spacial score (nSPS) is 13.0. The van der Waals surface area contributed by atoms with Crippen LogP contribution in [-0.2, 0) is 21.1 Å². The number of nitrogens with zero attached hydrogens (tertiary/aromatic N) is 4. The minimum Gasteiger partial charge on any atom is -0.512 e. The molecule has 7 nitrogen and oxygen atoms in total. The fraction of sp³-hybridized carbons (Fsp3) is 0. The van der Waals surface area contributed by atoms with Crippen LogP contribution < -0.4 is 14.5 Å². The van der Waals surface area contributed by atoms with Crippen LogP contribution in [0.4, 0.5) is 11.4 Å². The van der Waals surface area contributed by atoms with E-state index in [4.69, 9.17) is 13.6 Å². The monoisotopic (exact) mass is 852 g/mol. The van der Waals surface area contributed by atoms with Crippen molar-refractivity contribution >= 4 is 77.1 Å². The van der Waals surface area contributed by atoms with E-state index in [-0.39, 0.29) is 21.1 Å². The van der Waals surface area contributed by atoms with Crippen LogP contribution in [0.2, 0.25) is 0 Å². The molecule has 0 saturated heterocycles. The van der Waals surface area contributed by atoms with Gasteiger partial charge in [-0.1, -0.05) is 71.6 Å². The van der Waals surface area contributed by atoms with Gasteiger partial charge in [-0.05, 0) is 66.3 Å². The third kappa shape index (κ3) is 4.66. The number of rotatable bonds is 5. The SMILES string of the molecule is [Pt].[c-]1c(N2C=CN(c3ccccc3)[CH-]2)cc2c(oc3ccc4oc5ccccc5c4c32)c1Oc1[c-]c2c(cc1)c1ccccc1n2-c1ccccn1. The number of para-hydroxylation sites is 3. The Labute approximate surface area is 311 Å². The molecule has 52 heavy (non-hydrogen) atoms. The summed E-state index contributed by atoms with van der Waals surface area (Å²) in [5.41, 5.74) is 6.72. The smallest absolute Gasteiger partial charge is 0.136 e. The molecule has 10 aromatic rings. The molecule has 0 unspecified atom stereocenters. The molecule has 11 rings (SSSR count). The summed E-state index contributed by atoms with van der Waals surface area (Å²) in [6, 6.07) is 49.8. The van der Waals surface area contributed by atoms with Gasteiger partial charge in [0.2, 0.25) is 0 Å². The first-order valence-corrected chi connectivity index (χ1v) is 16.7. The van der Waals surface area contributed by atoms with Gasteiger partial charge in [-0.25, -0.2) is 4.98 Å². The number of ether oxygens (including phenoxy) is 1. The maximum Gasteiger partial charge on any atom is 0.136 e. The molecule has 1 aliphatic heterocycles. The van der Waals surface area contributed by atoms with Gasteiger partial charge in [0.05, 0.1) is 11.3 Å². The predicted molar refractivity (Wildman–Crippen MR) is 202 cm³/mol. The molecule has 8 heteroatoms. The molecule has 0 spiro atoms. The van der Waals surface area contributed by atoms with Crippen molar-refractivity contribution in [3.8, 4) is 17.3 Å². The van der Waals surface area contributed by atoms with E-state index >= 15 is 0 Å². The summed E-state index contributed by atoms with van der Waals surface area (Å²) in [5, 5.41) is 6.07. The van der Waals surface area contributed by atoms with Crippen LogP contribution in [0.1, 0.15) is 0 Å². The zero-order valence-electron chi connectivity index (χ0n) is 27.3.